The van der Waals surface area contributed by atoms with Gasteiger partial charge in [-0.15, -0.1) is 0 Å². The van der Waals surface area contributed by atoms with Gasteiger partial charge in [-0.25, -0.2) is 0 Å². The van der Waals surface area contributed by atoms with E-state index in [1.54, 1.807) is 0 Å². The third kappa shape index (κ3) is 15.6. The average molecular weight is 200 g/mol. The molecule has 0 fully saturated rings. The van der Waals surface area contributed by atoms with Crippen molar-refractivity contribution in [2.24, 2.45) is 0 Å². The largest absolute Gasteiger partial charge is 1.00 e. The van der Waals surface area contributed by atoms with Gasteiger partial charge in [0.2, 0.25) is 0 Å². The van der Waals surface area contributed by atoms with Crippen molar-refractivity contribution in [3.05, 3.63) is 0 Å². The monoisotopic (exact) mass is 198 g/mol. The van der Waals surface area contributed by atoms with E-state index in [9.17, 15) is 14.7 Å². The van der Waals surface area contributed by atoms with Gasteiger partial charge < -0.3 is 21.2 Å². The summed E-state index contributed by atoms with van der Waals surface area (Å²) < 4.78 is 0. The summed E-state index contributed by atoms with van der Waals surface area (Å²) in [4.78, 5) is 19.1. The summed E-state index contributed by atoms with van der Waals surface area (Å²) in [5.41, 5.74) is 0. The van der Waals surface area contributed by atoms with Crippen molar-refractivity contribution in [1.82, 2.24) is 6.15 Å². The first-order valence-electron chi connectivity index (χ1n) is 2.04. The number of aliphatic carboxylic acids is 2. The normalized spacial score (nSPS) is 6.80. The molecule has 55 valence electrons. The second-order valence-electron chi connectivity index (χ2n) is 1.27. The predicted molar refractivity (Wildman–Crippen MR) is 26.9 cm³/mol. The van der Waals surface area contributed by atoms with Crippen molar-refractivity contribution in [2.75, 3.05) is 0 Å². The Hall–Kier alpha value is -0.477. The summed E-state index contributed by atoms with van der Waals surface area (Å²) in [5, 5.41) is 17.4. The quantitative estimate of drug-likeness (QED) is 0.552. The first-order chi connectivity index (χ1) is 3.63. The van der Waals surface area contributed by atoms with E-state index in [1.165, 1.54) is 0 Å². The van der Waals surface area contributed by atoms with Crippen LogP contribution >= 0.6 is 0 Å². The van der Waals surface area contributed by atoms with E-state index < -0.39 is 18.4 Å². The first kappa shape index (κ1) is 16.3. The molecule has 0 aliphatic rings. The summed E-state index contributed by atoms with van der Waals surface area (Å²) in [5.74, 6) is -2.44. The molecule has 0 aromatic heterocycles. The molecule has 0 unspecified atom stereocenters. The van der Waals surface area contributed by atoms with Crippen LogP contribution in [0.15, 0.2) is 0 Å². The van der Waals surface area contributed by atoms with Crippen molar-refractivity contribution in [1.29, 1.82) is 0 Å². The zero-order valence-corrected chi connectivity index (χ0v) is 8.47. The maximum Gasteiger partial charge on any atom is 1.00 e. The fourth-order valence-corrected chi connectivity index (χ4v) is 0.209. The third-order valence-corrected chi connectivity index (χ3v) is 0.543. The van der Waals surface area contributed by atoms with Gasteiger partial charge in [-0.05, 0) is 6.42 Å². The van der Waals surface area contributed by atoms with Crippen molar-refractivity contribution < 1.29 is 39.3 Å². The predicted octanol–water partition coefficient (Wildman–Crippen LogP) is -1.24. The van der Waals surface area contributed by atoms with Gasteiger partial charge in [0.1, 0.15) is 0 Å². The standard InChI is InChI=1S/C4H6O4.H3N.Zn/c5-3(6)1-2-4(7)8;;/h1-2H2,(H,5,6)(H,7,8);1H3;/q;;+1/p-1. The fourth-order valence-electron chi connectivity index (χ4n) is 0.209. The Morgan fingerprint density at radius 3 is 1.80 bits per heavy atom. The van der Waals surface area contributed by atoms with Crippen LogP contribution in [0.3, 0.4) is 0 Å². The van der Waals surface area contributed by atoms with E-state index >= 15 is 0 Å². The van der Waals surface area contributed by atoms with Crippen molar-refractivity contribution in [2.45, 2.75) is 12.8 Å². The van der Waals surface area contributed by atoms with Crippen LogP contribution < -0.4 is 11.3 Å². The molecule has 0 saturated carbocycles. The number of hydrogen-bond acceptors (Lipinski definition) is 4. The van der Waals surface area contributed by atoms with E-state index in [4.69, 9.17) is 5.11 Å². The molecule has 1 radical (unpaired) electrons. The molecule has 0 aliphatic carbocycles. The molecule has 0 spiro atoms. The molecule has 0 aromatic rings. The molecule has 0 heterocycles. The number of carboxylic acid groups (broad SMARTS) is 2. The molecule has 0 atom stereocenters. The third-order valence-electron chi connectivity index (χ3n) is 0.543. The van der Waals surface area contributed by atoms with E-state index in [1.807, 2.05) is 0 Å². The summed E-state index contributed by atoms with van der Waals surface area (Å²) in [7, 11) is 0. The Morgan fingerprint density at radius 2 is 1.70 bits per heavy atom. The number of carboxylic acids is 2. The van der Waals surface area contributed by atoms with Gasteiger partial charge in [-0.1, -0.05) is 0 Å². The minimum absolute atomic E-state index is 0. The second kappa shape index (κ2) is 8.52. The summed E-state index contributed by atoms with van der Waals surface area (Å²) in [6.45, 7) is 0. The Morgan fingerprint density at radius 1 is 1.30 bits per heavy atom. The number of carbonyl (C=O) groups is 2. The number of hydrogen-bond donors (Lipinski definition) is 2. The molecule has 5 nitrogen and oxygen atoms in total. The Bertz CT molecular complexity index is 102. The summed E-state index contributed by atoms with van der Waals surface area (Å²) in [6, 6.07) is 0. The van der Waals surface area contributed by atoms with Crippen LogP contribution in [0.4, 0.5) is 0 Å². The van der Waals surface area contributed by atoms with E-state index in [2.05, 4.69) is 0 Å². The van der Waals surface area contributed by atoms with Crippen LogP contribution in [-0.2, 0) is 29.1 Å². The summed E-state index contributed by atoms with van der Waals surface area (Å²) in [6.07, 6.45) is -0.766. The number of carbonyl (C=O) groups excluding carboxylic acids is 1. The zero-order valence-electron chi connectivity index (χ0n) is 5.50. The molecule has 0 rings (SSSR count). The zero-order chi connectivity index (χ0) is 6.57. The molecule has 0 bridgehead atoms. The van der Waals surface area contributed by atoms with Gasteiger partial charge >= 0.3 is 25.4 Å². The molecule has 10 heavy (non-hydrogen) atoms. The maximum atomic E-state index is 9.61. The van der Waals surface area contributed by atoms with Crippen LogP contribution in [0.2, 0.25) is 0 Å². The van der Waals surface area contributed by atoms with Gasteiger partial charge in [-0.3, -0.25) is 4.79 Å². The molecular weight excluding hydrogens is 191 g/mol. The van der Waals surface area contributed by atoms with Gasteiger partial charge in [-0.2, -0.15) is 0 Å². The minimum Gasteiger partial charge on any atom is -0.550 e. The van der Waals surface area contributed by atoms with Crippen LogP contribution in [0.25, 0.3) is 0 Å². The van der Waals surface area contributed by atoms with Crippen LogP contribution in [0.5, 0.6) is 0 Å². The molecule has 0 aliphatic heterocycles. The van der Waals surface area contributed by atoms with E-state index in [0.29, 0.717) is 0 Å². The Kier molecular flexibility index (Phi) is 13.9. The maximum absolute atomic E-state index is 9.61. The van der Waals surface area contributed by atoms with Gasteiger partial charge in [0, 0.05) is 5.97 Å². The Balaban J connectivity index is -0.000000245. The van der Waals surface area contributed by atoms with Crippen LogP contribution in [0.1, 0.15) is 12.8 Å². The van der Waals surface area contributed by atoms with Crippen LogP contribution in [0, 0.1) is 0 Å². The smallest absolute Gasteiger partial charge is 0.550 e. The molecule has 4 N–H and O–H groups in total. The van der Waals surface area contributed by atoms with Crippen molar-refractivity contribution in [3.8, 4) is 0 Å². The molecule has 6 heteroatoms. The van der Waals surface area contributed by atoms with Gasteiger partial charge in [0.05, 0.1) is 6.42 Å². The fraction of sp³-hybridized carbons (Fsp3) is 0.500. The average Bonchev–Trinajstić information content (AvgIpc) is 1.61. The van der Waals surface area contributed by atoms with Crippen molar-refractivity contribution in [3.63, 3.8) is 0 Å². The SMILES string of the molecule is N.O=C([O-])CCC(=O)O.[Zn+]. The minimum atomic E-state index is -1.33. The molecule has 0 amide bonds. The molecule has 0 saturated heterocycles. The molecular formula is C4H8NO4Zn. The summed E-state index contributed by atoms with van der Waals surface area (Å²) >= 11 is 0. The van der Waals surface area contributed by atoms with Gasteiger partial charge in [0.15, 0.2) is 0 Å². The van der Waals surface area contributed by atoms with Crippen molar-refractivity contribution >= 4 is 11.9 Å². The van der Waals surface area contributed by atoms with E-state index in [0.717, 1.165) is 0 Å². The second-order valence-corrected chi connectivity index (χ2v) is 1.27. The first-order valence-corrected chi connectivity index (χ1v) is 2.04. The van der Waals surface area contributed by atoms with E-state index in [-0.39, 0.29) is 32.0 Å². The van der Waals surface area contributed by atoms with Crippen LogP contribution in [-0.4, -0.2) is 17.0 Å². The van der Waals surface area contributed by atoms with Gasteiger partial charge in [0.25, 0.3) is 0 Å². The Labute approximate surface area is 70.8 Å². The molecule has 0 aromatic carbocycles. The number of rotatable bonds is 3. The topological polar surface area (TPSA) is 112 Å².